The molecule has 0 aliphatic carbocycles. The molecule has 0 unspecified atom stereocenters. The van der Waals surface area contributed by atoms with E-state index in [0.717, 1.165) is 12.8 Å². The average Bonchev–Trinajstić information content (AvgIpc) is 2.47. The van der Waals surface area contributed by atoms with Crippen LogP contribution < -0.4 is 0 Å². The molecule has 1 aliphatic rings. The minimum absolute atomic E-state index is 0.263. The molecule has 22 heavy (non-hydrogen) atoms. The summed E-state index contributed by atoms with van der Waals surface area (Å²) in [6, 6.07) is 0. The summed E-state index contributed by atoms with van der Waals surface area (Å²) in [6.45, 7) is 6.89. The second-order valence-corrected chi connectivity index (χ2v) is 7.91. The summed E-state index contributed by atoms with van der Waals surface area (Å²) in [5.74, 6) is 0.905. The quantitative estimate of drug-likeness (QED) is 0.852. The van der Waals surface area contributed by atoms with Gasteiger partial charge in [-0.1, -0.05) is 0 Å². The van der Waals surface area contributed by atoms with Crippen molar-refractivity contribution in [1.29, 1.82) is 0 Å². The fourth-order valence-electron chi connectivity index (χ4n) is 2.31. The molecule has 1 amide bonds. The summed E-state index contributed by atoms with van der Waals surface area (Å²) in [6.07, 6.45) is 6.09. The Bertz CT molecular complexity index is 523. The minimum Gasteiger partial charge on any atom is -0.444 e. The average molecular weight is 325 g/mol. The van der Waals surface area contributed by atoms with E-state index in [1.807, 2.05) is 20.8 Å². The Labute approximate surface area is 133 Å². The summed E-state index contributed by atoms with van der Waals surface area (Å²) >= 11 is 0. The molecule has 0 aromatic carbocycles. The molecule has 1 atom stereocenters. The van der Waals surface area contributed by atoms with Gasteiger partial charge in [0.25, 0.3) is 0 Å². The van der Waals surface area contributed by atoms with Gasteiger partial charge in [0.15, 0.2) is 0 Å². The second kappa shape index (κ2) is 7.17. The van der Waals surface area contributed by atoms with E-state index in [9.17, 15) is 9.00 Å². The molecule has 0 saturated carbocycles. The van der Waals surface area contributed by atoms with Gasteiger partial charge in [0, 0.05) is 31.2 Å². The van der Waals surface area contributed by atoms with E-state index in [2.05, 4.69) is 9.97 Å². The first-order valence-electron chi connectivity index (χ1n) is 7.47. The Hall–Kier alpha value is -1.50. The van der Waals surface area contributed by atoms with Crippen LogP contribution in [0.2, 0.25) is 0 Å². The molecule has 0 radical (unpaired) electrons. The van der Waals surface area contributed by atoms with Crippen molar-refractivity contribution >= 4 is 16.9 Å². The summed E-state index contributed by atoms with van der Waals surface area (Å²) < 4.78 is 17.6. The maximum atomic E-state index is 12.2. The van der Waals surface area contributed by atoms with Crippen LogP contribution in [0.1, 0.15) is 33.6 Å². The van der Waals surface area contributed by atoms with E-state index in [1.54, 1.807) is 23.5 Å². The highest BCUT2D eigenvalue weighted by molar-refractivity contribution is 7.84. The highest BCUT2D eigenvalue weighted by atomic mass is 32.2. The molecule has 0 spiro atoms. The highest BCUT2D eigenvalue weighted by Gasteiger charge is 2.27. The molecule has 122 valence electrons. The molecule has 1 fully saturated rings. The van der Waals surface area contributed by atoms with Crippen molar-refractivity contribution in [2.24, 2.45) is 5.92 Å². The first-order valence-corrected chi connectivity index (χ1v) is 8.79. The molecule has 2 heterocycles. The van der Waals surface area contributed by atoms with E-state index >= 15 is 0 Å². The van der Waals surface area contributed by atoms with Crippen molar-refractivity contribution in [3.8, 4) is 0 Å². The third-order valence-corrected chi connectivity index (χ3v) is 4.88. The van der Waals surface area contributed by atoms with Crippen molar-refractivity contribution in [3.63, 3.8) is 0 Å². The normalized spacial score (nSPS) is 18.0. The molecular weight excluding hydrogens is 302 g/mol. The maximum absolute atomic E-state index is 12.2. The summed E-state index contributed by atoms with van der Waals surface area (Å²) in [4.78, 5) is 21.7. The lowest BCUT2D eigenvalue weighted by molar-refractivity contribution is 0.0191. The topological polar surface area (TPSA) is 72.4 Å². The van der Waals surface area contributed by atoms with E-state index < -0.39 is 16.4 Å². The van der Waals surface area contributed by atoms with Crippen molar-refractivity contribution in [2.75, 3.05) is 18.8 Å². The maximum Gasteiger partial charge on any atom is 0.410 e. The van der Waals surface area contributed by atoms with E-state index in [0.29, 0.717) is 29.8 Å². The van der Waals surface area contributed by atoms with Crippen LogP contribution >= 0.6 is 0 Å². The molecule has 1 saturated heterocycles. The zero-order chi connectivity index (χ0) is 16.2. The van der Waals surface area contributed by atoms with Gasteiger partial charge in [-0.2, -0.15) is 0 Å². The van der Waals surface area contributed by atoms with Gasteiger partial charge in [0.05, 0.1) is 17.0 Å². The number of carbonyl (C=O) groups excluding carboxylic acids is 1. The summed E-state index contributed by atoms with van der Waals surface area (Å²) in [7, 11) is -1.13. The third kappa shape index (κ3) is 5.05. The Kier molecular flexibility index (Phi) is 5.50. The molecule has 1 aromatic heterocycles. The molecule has 7 heteroatoms. The van der Waals surface area contributed by atoms with Crippen LogP contribution in [0.25, 0.3) is 0 Å². The van der Waals surface area contributed by atoms with Gasteiger partial charge in [-0.05, 0) is 39.5 Å². The highest BCUT2D eigenvalue weighted by Crippen LogP contribution is 2.21. The molecule has 0 bridgehead atoms. The smallest absolute Gasteiger partial charge is 0.410 e. The van der Waals surface area contributed by atoms with Crippen LogP contribution in [-0.2, 0) is 15.5 Å². The van der Waals surface area contributed by atoms with Gasteiger partial charge in [0.2, 0.25) is 0 Å². The van der Waals surface area contributed by atoms with Crippen molar-refractivity contribution in [3.05, 3.63) is 18.6 Å². The summed E-state index contributed by atoms with van der Waals surface area (Å²) in [5.41, 5.74) is -0.471. The summed E-state index contributed by atoms with van der Waals surface area (Å²) in [5, 5.41) is 0.525. The first kappa shape index (κ1) is 16.9. The van der Waals surface area contributed by atoms with Crippen LogP contribution in [0.15, 0.2) is 23.6 Å². The Morgan fingerprint density at radius 1 is 1.36 bits per heavy atom. The van der Waals surface area contributed by atoms with Crippen molar-refractivity contribution in [2.45, 2.75) is 44.2 Å². The molecular formula is C15H23N3O3S. The second-order valence-electron chi connectivity index (χ2n) is 6.47. The van der Waals surface area contributed by atoms with Crippen LogP contribution in [0, 0.1) is 5.92 Å². The number of nitrogens with zero attached hydrogens (tertiary/aromatic N) is 3. The predicted octanol–water partition coefficient (Wildman–Crippen LogP) is 2.23. The van der Waals surface area contributed by atoms with Gasteiger partial charge in [-0.3, -0.25) is 9.19 Å². The van der Waals surface area contributed by atoms with Gasteiger partial charge in [0.1, 0.15) is 10.6 Å². The Balaban J connectivity index is 1.80. The van der Waals surface area contributed by atoms with Crippen LogP contribution in [0.5, 0.6) is 0 Å². The fraction of sp³-hybridized carbons (Fsp3) is 0.667. The Morgan fingerprint density at radius 3 is 2.59 bits per heavy atom. The van der Waals surface area contributed by atoms with Gasteiger partial charge >= 0.3 is 6.09 Å². The standard InChI is InChI=1S/C15H23N3O3S/c1-15(2,3)21-14(19)18-8-4-12(5-9-18)11-22(20)13-10-16-6-7-17-13/h6-7,10,12H,4-5,8-9,11H2,1-3H3/t22-/m1/s1. The van der Waals surface area contributed by atoms with Gasteiger partial charge in [-0.25, -0.2) is 9.78 Å². The lowest BCUT2D eigenvalue weighted by Crippen LogP contribution is -2.42. The number of ether oxygens (including phenoxy) is 1. The molecule has 1 aromatic rings. The van der Waals surface area contributed by atoms with Crippen LogP contribution in [-0.4, -0.2) is 49.6 Å². The van der Waals surface area contributed by atoms with Gasteiger partial charge < -0.3 is 9.64 Å². The number of amides is 1. The zero-order valence-electron chi connectivity index (χ0n) is 13.3. The molecule has 2 rings (SSSR count). The third-order valence-electron chi connectivity index (χ3n) is 3.43. The van der Waals surface area contributed by atoms with Crippen molar-refractivity contribution in [1.82, 2.24) is 14.9 Å². The lowest BCUT2D eigenvalue weighted by Gasteiger charge is -2.33. The number of aromatic nitrogens is 2. The fourth-order valence-corrected chi connectivity index (χ4v) is 3.60. The SMILES string of the molecule is CC(C)(C)OC(=O)N1CCC(C[S@@](=O)c2cnccn2)CC1. The van der Waals surface area contributed by atoms with E-state index in [-0.39, 0.29) is 6.09 Å². The largest absolute Gasteiger partial charge is 0.444 e. The number of carbonyl (C=O) groups is 1. The minimum atomic E-state index is -1.13. The van der Waals surface area contributed by atoms with Gasteiger partial charge in [-0.15, -0.1) is 0 Å². The molecule has 1 aliphatic heterocycles. The Morgan fingerprint density at radius 2 is 2.05 bits per heavy atom. The number of piperidine rings is 1. The number of hydrogen-bond donors (Lipinski definition) is 0. The monoisotopic (exact) mass is 325 g/mol. The van der Waals surface area contributed by atoms with E-state index in [1.165, 1.54) is 0 Å². The number of hydrogen-bond acceptors (Lipinski definition) is 5. The zero-order valence-corrected chi connectivity index (χ0v) is 14.1. The van der Waals surface area contributed by atoms with Crippen molar-refractivity contribution < 1.29 is 13.7 Å². The van der Waals surface area contributed by atoms with Crippen LogP contribution in [0.4, 0.5) is 4.79 Å². The first-order chi connectivity index (χ1) is 10.3. The molecule has 0 N–H and O–H groups in total. The number of rotatable bonds is 3. The van der Waals surface area contributed by atoms with Crippen LogP contribution in [0.3, 0.4) is 0 Å². The van der Waals surface area contributed by atoms with E-state index in [4.69, 9.17) is 4.74 Å². The number of likely N-dealkylation sites (tertiary alicyclic amines) is 1. The lowest BCUT2D eigenvalue weighted by atomic mass is 9.99. The molecule has 6 nitrogen and oxygen atoms in total. The predicted molar refractivity (Wildman–Crippen MR) is 83.8 cm³/mol.